The molecule has 2 N–H and O–H groups in total. The molecule has 0 aliphatic heterocycles. The molecule has 0 aromatic heterocycles. The minimum Gasteiger partial charge on any atom is -0.496 e. The van der Waals surface area contributed by atoms with E-state index in [1.165, 1.54) is 5.56 Å². The largest absolute Gasteiger partial charge is 0.496 e. The van der Waals surface area contributed by atoms with Crippen LogP contribution in [0.25, 0.3) is 0 Å². The third-order valence-electron chi connectivity index (χ3n) is 2.97. The molecule has 3 nitrogen and oxygen atoms in total. The van der Waals surface area contributed by atoms with Crippen molar-refractivity contribution < 1.29 is 4.74 Å². The summed E-state index contributed by atoms with van der Waals surface area (Å²) in [6, 6.07) is 8.51. The Labute approximate surface area is 98.2 Å². The van der Waals surface area contributed by atoms with E-state index in [9.17, 15) is 0 Å². The van der Waals surface area contributed by atoms with Crippen molar-refractivity contribution in [2.75, 3.05) is 27.2 Å². The van der Waals surface area contributed by atoms with Crippen molar-refractivity contribution in [2.24, 2.45) is 5.73 Å². The maximum atomic E-state index is 5.52. The molecule has 0 amide bonds. The van der Waals surface area contributed by atoms with Gasteiger partial charge >= 0.3 is 0 Å². The Kier molecular flexibility index (Phi) is 5.29. The normalized spacial score (nSPS) is 12.8. The highest BCUT2D eigenvalue weighted by atomic mass is 16.5. The van der Waals surface area contributed by atoms with E-state index < -0.39 is 0 Å². The monoisotopic (exact) mass is 222 g/mol. The molecule has 90 valence electrons. The maximum absolute atomic E-state index is 5.52. The van der Waals surface area contributed by atoms with Gasteiger partial charge in [-0.2, -0.15) is 0 Å². The molecule has 0 bridgehead atoms. The predicted octanol–water partition coefficient (Wildman–Crippen LogP) is 2.04. The number of benzene rings is 1. The summed E-state index contributed by atoms with van der Waals surface area (Å²) in [4.78, 5) is 2.30. The summed E-state index contributed by atoms with van der Waals surface area (Å²) in [5.74, 6) is 0.953. The first-order valence-electron chi connectivity index (χ1n) is 5.74. The van der Waals surface area contributed by atoms with Gasteiger partial charge in [0.05, 0.1) is 7.11 Å². The lowest BCUT2D eigenvalue weighted by Gasteiger charge is -2.26. The van der Waals surface area contributed by atoms with Gasteiger partial charge in [0, 0.05) is 11.6 Å². The summed E-state index contributed by atoms with van der Waals surface area (Å²) in [7, 11) is 3.83. The zero-order valence-corrected chi connectivity index (χ0v) is 10.4. The molecular formula is C13H22N2O. The molecule has 0 saturated heterocycles. The highest BCUT2D eigenvalue weighted by molar-refractivity contribution is 5.35. The van der Waals surface area contributed by atoms with E-state index in [1.54, 1.807) is 7.11 Å². The fourth-order valence-corrected chi connectivity index (χ4v) is 1.78. The Morgan fingerprint density at radius 3 is 2.69 bits per heavy atom. The van der Waals surface area contributed by atoms with E-state index in [0.29, 0.717) is 6.04 Å². The average Bonchev–Trinajstić information content (AvgIpc) is 2.34. The van der Waals surface area contributed by atoms with Crippen LogP contribution in [0.4, 0.5) is 0 Å². The van der Waals surface area contributed by atoms with Crippen LogP contribution in [-0.4, -0.2) is 32.1 Å². The smallest absolute Gasteiger partial charge is 0.123 e. The number of para-hydroxylation sites is 1. The Balaban J connectivity index is 2.74. The molecule has 1 rings (SSSR count). The molecule has 1 aromatic rings. The average molecular weight is 222 g/mol. The molecule has 0 saturated carbocycles. The summed E-state index contributed by atoms with van der Waals surface area (Å²) in [5.41, 5.74) is 6.75. The third-order valence-corrected chi connectivity index (χ3v) is 2.97. The lowest BCUT2D eigenvalue weighted by Crippen LogP contribution is -2.25. The van der Waals surface area contributed by atoms with E-state index in [-0.39, 0.29) is 0 Å². The number of nitrogens with two attached hydrogens (primary N) is 1. The number of hydrogen-bond acceptors (Lipinski definition) is 3. The maximum Gasteiger partial charge on any atom is 0.123 e. The van der Waals surface area contributed by atoms with Crippen molar-refractivity contribution in [2.45, 2.75) is 19.4 Å². The van der Waals surface area contributed by atoms with Gasteiger partial charge in [0.25, 0.3) is 0 Å². The third kappa shape index (κ3) is 3.22. The molecule has 1 unspecified atom stereocenters. The Hall–Kier alpha value is -1.06. The second-order valence-electron chi connectivity index (χ2n) is 4.04. The van der Waals surface area contributed by atoms with Crippen LogP contribution in [0.3, 0.4) is 0 Å². The van der Waals surface area contributed by atoms with Crippen LogP contribution in [0.15, 0.2) is 24.3 Å². The van der Waals surface area contributed by atoms with Gasteiger partial charge in [-0.1, -0.05) is 18.2 Å². The summed E-state index contributed by atoms with van der Waals surface area (Å²) in [6.07, 6.45) is 1.02. The molecular weight excluding hydrogens is 200 g/mol. The van der Waals surface area contributed by atoms with E-state index >= 15 is 0 Å². The highest BCUT2D eigenvalue weighted by Crippen LogP contribution is 2.27. The second-order valence-corrected chi connectivity index (χ2v) is 4.04. The van der Waals surface area contributed by atoms with E-state index in [2.05, 4.69) is 24.9 Å². The lowest BCUT2D eigenvalue weighted by atomic mass is 10.1. The van der Waals surface area contributed by atoms with Crippen LogP contribution < -0.4 is 10.5 Å². The van der Waals surface area contributed by atoms with Gasteiger partial charge < -0.3 is 10.5 Å². The number of hydrogen-bond donors (Lipinski definition) is 1. The van der Waals surface area contributed by atoms with Crippen LogP contribution >= 0.6 is 0 Å². The Morgan fingerprint density at radius 2 is 2.06 bits per heavy atom. The van der Waals surface area contributed by atoms with Crippen LogP contribution in [0, 0.1) is 0 Å². The van der Waals surface area contributed by atoms with Crippen molar-refractivity contribution in [3.63, 3.8) is 0 Å². The summed E-state index contributed by atoms with van der Waals surface area (Å²) in [5, 5.41) is 0. The SMILES string of the molecule is COc1ccccc1C(C)N(C)CCCN. The quantitative estimate of drug-likeness (QED) is 0.800. The molecule has 1 atom stereocenters. The second kappa shape index (κ2) is 6.51. The van der Waals surface area contributed by atoms with Gasteiger partial charge in [-0.25, -0.2) is 0 Å². The van der Waals surface area contributed by atoms with E-state index in [0.717, 1.165) is 25.3 Å². The number of rotatable bonds is 6. The van der Waals surface area contributed by atoms with Crippen LogP contribution in [0.1, 0.15) is 24.9 Å². The Bertz CT molecular complexity index is 315. The fraction of sp³-hybridized carbons (Fsp3) is 0.538. The Morgan fingerprint density at radius 1 is 1.38 bits per heavy atom. The topological polar surface area (TPSA) is 38.5 Å². The minimum absolute atomic E-state index is 0.350. The van der Waals surface area contributed by atoms with Crippen molar-refractivity contribution in [3.8, 4) is 5.75 Å². The summed E-state index contributed by atoms with van der Waals surface area (Å²) >= 11 is 0. The number of ether oxygens (including phenoxy) is 1. The van der Waals surface area contributed by atoms with Crippen LogP contribution in [-0.2, 0) is 0 Å². The summed E-state index contributed by atoms with van der Waals surface area (Å²) in [6.45, 7) is 3.94. The first-order valence-corrected chi connectivity index (χ1v) is 5.74. The molecule has 1 aromatic carbocycles. The van der Waals surface area contributed by atoms with Gasteiger partial charge in [0.15, 0.2) is 0 Å². The predicted molar refractivity (Wildman–Crippen MR) is 67.7 cm³/mol. The van der Waals surface area contributed by atoms with Crippen molar-refractivity contribution in [3.05, 3.63) is 29.8 Å². The molecule has 0 spiro atoms. The molecule has 0 aliphatic carbocycles. The first-order chi connectivity index (χ1) is 7.70. The zero-order valence-electron chi connectivity index (χ0n) is 10.4. The number of methoxy groups -OCH3 is 1. The highest BCUT2D eigenvalue weighted by Gasteiger charge is 2.14. The molecule has 0 aliphatic rings. The minimum atomic E-state index is 0.350. The van der Waals surface area contributed by atoms with Crippen molar-refractivity contribution >= 4 is 0 Å². The van der Waals surface area contributed by atoms with Crippen molar-refractivity contribution in [1.82, 2.24) is 4.90 Å². The molecule has 16 heavy (non-hydrogen) atoms. The van der Waals surface area contributed by atoms with Gasteiger partial charge in [-0.3, -0.25) is 4.90 Å². The van der Waals surface area contributed by atoms with E-state index in [1.807, 2.05) is 18.2 Å². The zero-order chi connectivity index (χ0) is 12.0. The number of nitrogens with zero attached hydrogens (tertiary/aromatic N) is 1. The van der Waals surface area contributed by atoms with Crippen molar-refractivity contribution in [1.29, 1.82) is 0 Å². The molecule has 3 heteroatoms. The van der Waals surface area contributed by atoms with Gasteiger partial charge in [-0.15, -0.1) is 0 Å². The summed E-state index contributed by atoms with van der Waals surface area (Å²) < 4.78 is 5.37. The molecule has 0 heterocycles. The van der Waals surface area contributed by atoms with Gasteiger partial charge in [0.2, 0.25) is 0 Å². The van der Waals surface area contributed by atoms with Crippen LogP contribution in [0.2, 0.25) is 0 Å². The lowest BCUT2D eigenvalue weighted by molar-refractivity contribution is 0.253. The first kappa shape index (κ1) is 13.0. The molecule has 0 fully saturated rings. The fourth-order valence-electron chi connectivity index (χ4n) is 1.78. The van der Waals surface area contributed by atoms with E-state index in [4.69, 9.17) is 10.5 Å². The van der Waals surface area contributed by atoms with Crippen LogP contribution in [0.5, 0.6) is 5.75 Å². The molecule has 0 radical (unpaired) electrons. The van der Waals surface area contributed by atoms with Gasteiger partial charge in [-0.05, 0) is 39.5 Å². The van der Waals surface area contributed by atoms with Gasteiger partial charge in [0.1, 0.15) is 5.75 Å². The standard InChI is InChI=1S/C13H22N2O/c1-11(15(2)10-6-9-14)12-7-4-5-8-13(12)16-3/h4-5,7-8,11H,6,9-10,14H2,1-3H3.